The van der Waals surface area contributed by atoms with Gasteiger partial charge in [-0.2, -0.15) is 0 Å². The number of hydrogen-bond acceptors (Lipinski definition) is 5. The quantitative estimate of drug-likeness (QED) is 0.518. The SMILES string of the molecule is Cl.O=C1Nc2ccc(CN3C(=O)[C@H]4C[C@H]4C3=O)cc2/C1=C/c1cc(CN2CCOCC2)c[nH]1. The van der Waals surface area contributed by atoms with E-state index in [9.17, 15) is 14.4 Å². The van der Waals surface area contributed by atoms with Crippen molar-refractivity contribution in [1.29, 1.82) is 0 Å². The second-order valence-corrected chi connectivity index (χ2v) is 8.96. The molecule has 4 aliphatic rings. The first-order chi connectivity index (χ1) is 15.6. The van der Waals surface area contributed by atoms with Crippen LogP contribution in [0.2, 0.25) is 0 Å². The van der Waals surface area contributed by atoms with Crippen molar-refractivity contribution in [3.05, 3.63) is 52.8 Å². The highest BCUT2D eigenvalue weighted by Crippen LogP contribution is 2.47. The van der Waals surface area contributed by atoms with Gasteiger partial charge in [-0.05, 0) is 41.8 Å². The van der Waals surface area contributed by atoms with Gasteiger partial charge in [0.1, 0.15) is 0 Å². The molecule has 2 N–H and O–H groups in total. The number of morpholine rings is 1. The van der Waals surface area contributed by atoms with Gasteiger partial charge in [0.05, 0.1) is 37.2 Å². The summed E-state index contributed by atoms with van der Waals surface area (Å²) in [7, 11) is 0. The molecule has 2 atom stereocenters. The number of amides is 3. The summed E-state index contributed by atoms with van der Waals surface area (Å²) in [5.74, 6) is -0.490. The van der Waals surface area contributed by atoms with Gasteiger partial charge in [0.2, 0.25) is 11.8 Å². The molecule has 0 radical (unpaired) electrons. The fourth-order valence-corrected chi connectivity index (χ4v) is 4.87. The highest BCUT2D eigenvalue weighted by atomic mass is 35.5. The van der Waals surface area contributed by atoms with E-state index in [2.05, 4.69) is 21.3 Å². The van der Waals surface area contributed by atoms with Crippen LogP contribution in [-0.4, -0.2) is 58.8 Å². The molecule has 9 heteroatoms. The zero-order chi connectivity index (χ0) is 21.8. The van der Waals surface area contributed by atoms with Crippen LogP contribution in [0.15, 0.2) is 30.5 Å². The fraction of sp³-hybridized carbons (Fsp3) is 0.375. The number of carbonyl (C=O) groups excluding carboxylic acids is 3. The molecule has 8 nitrogen and oxygen atoms in total. The van der Waals surface area contributed by atoms with E-state index in [1.54, 1.807) is 0 Å². The summed E-state index contributed by atoms with van der Waals surface area (Å²) in [4.78, 5) is 44.2. The average Bonchev–Trinajstić information content (AvgIpc) is 3.31. The Bertz CT molecular complexity index is 1150. The average molecular weight is 469 g/mol. The summed E-state index contributed by atoms with van der Waals surface area (Å²) < 4.78 is 5.40. The van der Waals surface area contributed by atoms with Gasteiger partial charge in [0, 0.05) is 42.8 Å². The summed E-state index contributed by atoms with van der Waals surface area (Å²) in [6.07, 6.45) is 4.53. The zero-order valence-corrected chi connectivity index (χ0v) is 18.8. The standard InChI is InChI=1S/C24H24N4O4.ClH/c29-22-18(9-16-7-15(11-25-16)12-27-3-5-32-6-4-27)17-8-14(1-2-21(17)26-22)13-28-23(30)19-10-20(19)24(28)31;/h1-2,7-9,11,19-20,25H,3-6,10,12-13H2,(H,26,29);1H/b18-9-;/t19-,20+;. The molecule has 0 spiro atoms. The van der Waals surface area contributed by atoms with Crippen LogP contribution in [0.1, 0.15) is 28.8 Å². The maximum Gasteiger partial charge on any atom is 0.256 e. The molecule has 3 amide bonds. The number of nitrogens with zero attached hydrogens (tertiary/aromatic N) is 2. The van der Waals surface area contributed by atoms with Crippen molar-refractivity contribution in [2.45, 2.75) is 19.5 Å². The molecule has 1 aromatic heterocycles. The summed E-state index contributed by atoms with van der Waals surface area (Å²) in [5.41, 5.74) is 4.97. The summed E-state index contributed by atoms with van der Waals surface area (Å²) in [6.45, 7) is 4.46. The predicted octanol–water partition coefficient (Wildman–Crippen LogP) is 2.27. The van der Waals surface area contributed by atoms with Gasteiger partial charge in [0.25, 0.3) is 5.91 Å². The Morgan fingerprint density at radius 1 is 1.00 bits per heavy atom. The van der Waals surface area contributed by atoms with E-state index in [-0.39, 0.29) is 48.5 Å². The van der Waals surface area contributed by atoms with Crippen LogP contribution in [-0.2, 0) is 32.2 Å². The number of fused-ring (bicyclic) bond motifs is 2. The van der Waals surface area contributed by atoms with Crippen LogP contribution in [0, 0.1) is 11.8 Å². The third kappa shape index (κ3) is 3.99. The number of benzene rings is 1. The summed E-state index contributed by atoms with van der Waals surface area (Å²) >= 11 is 0. The summed E-state index contributed by atoms with van der Waals surface area (Å²) in [5, 5.41) is 2.90. The molecule has 0 bridgehead atoms. The van der Waals surface area contributed by atoms with Crippen molar-refractivity contribution in [2.75, 3.05) is 31.6 Å². The topological polar surface area (TPSA) is 94.7 Å². The second-order valence-electron chi connectivity index (χ2n) is 8.96. The highest BCUT2D eigenvalue weighted by molar-refractivity contribution is 6.34. The number of imide groups is 1. The largest absolute Gasteiger partial charge is 0.379 e. The smallest absolute Gasteiger partial charge is 0.256 e. The van der Waals surface area contributed by atoms with Gasteiger partial charge in [-0.15, -0.1) is 12.4 Å². The number of piperidine rings is 1. The Kier molecular flexibility index (Phi) is 5.60. The summed E-state index contributed by atoms with van der Waals surface area (Å²) in [6, 6.07) is 7.67. The lowest BCUT2D eigenvalue weighted by Crippen LogP contribution is -2.35. The first-order valence-electron chi connectivity index (χ1n) is 11.1. The van der Waals surface area contributed by atoms with Crippen molar-refractivity contribution >= 4 is 47.5 Å². The number of hydrogen-bond donors (Lipinski definition) is 2. The van der Waals surface area contributed by atoms with E-state index < -0.39 is 0 Å². The van der Waals surface area contributed by atoms with Crippen LogP contribution >= 0.6 is 12.4 Å². The lowest BCUT2D eigenvalue weighted by molar-refractivity contribution is -0.142. The van der Waals surface area contributed by atoms with Crippen LogP contribution in [0.25, 0.3) is 11.6 Å². The Labute approximate surface area is 197 Å². The van der Waals surface area contributed by atoms with Gasteiger partial charge in [-0.25, -0.2) is 0 Å². The number of H-pyrrole nitrogens is 1. The Hall–Kier alpha value is -2.94. The molecular formula is C24H25ClN4O4. The molecule has 1 saturated carbocycles. The molecule has 1 aliphatic carbocycles. The number of likely N-dealkylation sites (tertiary alicyclic amines) is 1. The molecule has 4 heterocycles. The highest BCUT2D eigenvalue weighted by Gasteiger charge is 2.58. The number of carbonyl (C=O) groups is 3. The normalized spacial score (nSPS) is 25.2. The number of aromatic nitrogens is 1. The maximum absolute atomic E-state index is 12.6. The number of aromatic amines is 1. The first kappa shape index (κ1) is 21.9. The molecule has 1 aromatic carbocycles. The van der Waals surface area contributed by atoms with E-state index in [4.69, 9.17) is 4.74 Å². The molecule has 6 rings (SSSR count). The molecule has 2 aromatic rings. The molecule has 2 saturated heterocycles. The predicted molar refractivity (Wildman–Crippen MR) is 124 cm³/mol. The monoisotopic (exact) mass is 468 g/mol. The van der Waals surface area contributed by atoms with Gasteiger partial charge in [-0.3, -0.25) is 24.2 Å². The van der Waals surface area contributed by atoms with Gasteiger partial charge in [-0.1, -0.05) is 6.07 Å². The van der Waals surface area contributed by atoms with E-state index in [0.717, 1.165) is 60.9 Å². The molecule has 33 heavy (non-hydrogen) atoms. The minimum Gasteiger partial charge on any atom is -0.379 e. The van der Waals surface area contributed by atoms with Gasteiger partial charge in [0.15, 0.2) is 0 Å². The second kappa shape index (κ2) is 8.44. The lowest BCUT2D eigenvalue weighted by atomic mass is 10.0. The number of ether oxygens (including phenoxy) is 1. The number of halogens is 1. The molecule has 3 aliphatic heterocycles. The minimum atomic E-state index is -0.156. The third-order valence-corrected chi connectivity index (χ3v) is 6.74. The van der Waals surface area contributed by atoms with Crippen LogP contribution in [0.3, 0.4) is 0 Å². The maximum atomic E-state index is 12.6. The Morgan fingerprint density at radius 3 is 2.52 bits per heavy atom. The first-order valence-corrected chi connectivity index (χ1v) is 11.1. The minimum absolute atomic E-state index is 0. The van der Waals surface area contributed by atoms with Crippen molar-refractivity contribution < 1.29 is 19.1 Å². The van der Waals surface area contributed by atoms with Gasteiger partial charge < -0.3 is 15.0 Å². The van der Waals surface area contributed by atoms with Gasteiger partial charge >= 0.3 is 0 Å². The van der Waals surface area contributed by atoms with Crippen molar-refractivity contribution in [1.82, 2.24) is 14.8 Å². The zero-order valence-electron chi connectivity index (χ0n) is 18.0. The van der Waals surface area contributed by atoms with Crippen LogP contribution in [0.5, 0.6) is 0 Å². The van der Waals surface area contributed by atoms with Crippen molar-refractivity contribution in [2.24, 2.45) is 11.8 Å². The molecule has 3 fully saturated rings. The molecule has 172 valence electrons. The van der Waals surface area contributed by atoms with Crippen LogP contribution < -0.4 is 5.32 Å². The van der Waals surface area contributed by atoms with Crippen molar-refractivity contribution in [3.8, 4) is 0 Å². The van der Waals surface area contributed by atoms with E-state index in [1.165, 1.54) is 4.90 Å². The molecule has 0 unspecified atom stereocenters. The van der Waals surface area contributed by atoms with E-state index >= 15 is 0 Å². The van der Waals surface area contributed by atoms with Crippen LogP contribution in [0.4, 0.5) is 5.69 Å². The molecular weight excluding hydrogens is 444 g/mol. The van der Waals surface area contributed by atoms with E-state index in [1.807, 2.05) is 30.5 Å². The Balaban J connectivity index is 0.00000228. The number of rotatable bonds is 5. The number of anilines is 1. The third-order valence-electron chi connectivity index (χ3n) is 6.74. The Morgan fingerprint density at radius 2 is 1.76 bits per heavy atom. The lowest BCUT2D eigenvalue weighted by Gasteiger charge is -2.25. The van der Waals surface area contributed by atoms with E-state index in [0.29, 0.717) is 12.0 Å². The number of nitrogens with one attached hydrogen (secondary N) is 2. The van der Waals surface area contributed by atoms with Crippen molar-refractivity contribution in [3.63, 3.8) is 0 Å². The fourth-order valence-electron chi connectivity index (χ4n) is 4.87.